The van der Waals surface area contributed by atoms with Crippen molar-refractivity contribution in [3.05, 3.63) is 4.88 Å². The molecule has 0 aliphatic heterocycles. The second-order valence-corrected chi connectivity index (χ2v) is 7.48. The molecule has 0 aromatic carbocycles. The minimum Gasteiger partial charge on any atom is -0.486 e. The van der Waals surface area contributed by atoms with Crippen LogP contribution >= 0.6 is 11.3 Å². The van der Waals surface area contributed by atoms with E-state index in [4.69, 9.17) is 10.5 Å². The normalized spacial score (nSPS) is 16.3. The molecule has 5 heteroatoms. The second kappa shape index (κ2) is 6.26. The Morgan fingerprint density at radius 2 is 1.90 bits per heavy atom. The lowest BCUT2D eigenvalue weighted by atomic mass is 10.1. The van der Waals surface area contributed by atoms with Gasteiger partial charge in [-0.15, -0.1) is 11.3 Å². The Labute approximate surface area is 131 Å². The lowest BCUT2D eigenvalue weighted by Crippen LogP contribution is -2.17. The number of nitrogen functional groups attached to an aromatic ring is 1. The summed E-state index contributed by atoms with van der Waals surface area (Å²) in [6, 6.07) is 0.388. The Balaban J connectivity index is 2.31. The molecular formula is C16H26N2O2S. The van der Waals surface area contributed by atoms with Gasteiger partial charge >= 0.3 is 0 Å². The van der Waals surface area contributed by atoms with Crippen molar-refractivity contribution in [2.75, 3.05) is 11.1 Å². The summed E-state index contributed by atoms with van der Waals surface area (Å²) >= 11 is 1.43. The number of nitrogens with one attached hydrogen (secondary N) is 1. The third kappa shape index (κ3) is 3.70. The summed E-state index contributed by atoms with van der Waals surface area (Å²) < 4.78 is 5.86. The molecule has 1 aliphatic carbocycles. The number of nitrogens with two attached hydrogens (primary N) is 1. The van der Waals surface area contributed by atoms with E-state index < -0.39 is 0 Å². The Bertz CT molecular complexity index is 519. The number of anilines is 2. The van der Waals surface area contributed by atoms with Crippen LogP contribution in [0.3, 0.4) is 0 Å². The van der Waals surface area contributed by atoms with Crippen molar-refractivity contribution in [2.24, 2.45) is 11.8 Å². The summed E-state index contributed by atoms with van der Waals surface area (Å²) in [6.45, 7) is 9.90. The van der Waals surface area contributed by atoms with Gasteiger partial charge in [0.15, 0.2) is 11.5 Å². The van der Waals surface area contributed by atoms with Crippen LogP contribution in [0, 0.1) is 11.8 Å². The van der Waals surface area contributed by atoms with Gasteiger partial charge in [0.1, 0.15) is 5.00 Å². The molecule has 1 aliphatic rings. The van der Waals surface area contributed by atoms with Gasteiger partial charge in [0.05, 0.1) is 16.7 Å². The number of hydrogen-bond acceptors (Lipinski definition) is 5. The maximum absolute atomic E-state index is 12.3. The summed E-state index contributed by atoms with van der Waals surface area (Å²) in [6.07, 6.45) is 2.57. The number of hydrogen-bond donors (Lipinski definition) is 2. The van der Waals surface area contributed by atoms with Crippen molar-refractivity contribution >= 4 is 27.8 Å². The van der Waals surface area contributed by atoms with E-state index in [1.165, 1.54) is 24.2 Å². The second-order valence-electron chi connectivity index (χ2n) is 6.46. The summed E-state index contributed by atoms with van der Waals surface area (Å²) in [5, 5.41) is 4.39. The molecule has 0 saturated heterocycles. The van der Waals surface area contributed by atoms with Crippen molar-refractivity contribution < 1.29 is 9.53 Å². The van der Waals surface area contributed by atoms with Crippen LogP contribution in [0.1, 0.15) is 57.1 Å². The molecule has 1 unspecified atom stereocenters. The first kappa shape index (κ1) is 16.1. The average molecular weight is 310 g/mol. The van der Waals surface area contributed by atoms with Crippen LogP contribution < -0.4 is 15.8 Å². The zero-order valence-corrected chi connectivity index (χ0v) is 14.3. The fourth-order valence-corrected chi connectivity index (χ4v) is 3.48. The summed E-state index contributed by atoms with van der Waals surface area (Å²) in [7, 11) is 0. The Hall–Kier alpha value is -1.23. The summed E-state index contributed by atoms with van der Waals surface area (Å²) in [5.74, 6) is 1.39. The first-order valence-corrected chi connectivity index (χ1v) is 8.52. The molecule has 1 heterocycles. The fraction of sp³-hybridized carbons (Fsp3) is 0.688. The molecule has 1 saturated carbocycles. The molecule has 4 nitrogen and oxygen atoms in total. The molecule has 0 amide bonds. The third-order valence-electron chi connectivity index (χ3n) is 3.69. The number of carbonyl (C=O) groups excluding carboxylic acids is 1. The van der Waals surface area contributed by atoms with E-state index in [1.54, 1.807) is 0 Å². The highest BCUT2D eigenvalue weighted by Crippen LogP contribution is 2.46. The number of Topliss-reactive ketones (excluding diaryl/α,β-unsaturated/α-hetero) is 1. The first-order valence-electron chi connectivity index (χ1n) is 7.70. The number of rotatable bonds is 7. The highest BCUT2D eigenvalue weighted by Gasteiger charge is 2.31. The molecule has 1 aromatic heterocycles. The zero-order chi connectivity index (χ0) is 15.7. The van der Waals surface area contributed by atoms with Crippen LogP contribution in [0.4, 0.5) is 10.7 Å². The van der Waals surface area contributed by atoms with Gasteiger partial charge in [-0.05, 0) is 39.5 Å². The monoisotopic (exact) mass is 310 g/mol. The maximum Gasteiger partial charge on any atom is 0.177 e. The quantitative estimate of drug-likeness (QED) is 0.742. The third-order valence-corrected chi connectivity index (χ3v) is 4.82. The Morgan fingerprint density at radius 3 is 2.38 bits per heavy atom. The molecule has 1 aromatic rings. The van der Waals surface area contributed by atoms with E-state index in [1.807, 2.05) is 27.7 Å². The number of thiophene rings is 1. The standard InChI is InChI=1S/C16H26N2O2S/c1-8(2)13(19)15-12(17)14(20-9(3)4)16(21-15)18-10(5)11-6-7-11/h8-11,18H,6-7,17H2,1-5H3. The molecule has 1 fully saturated rings. The molecular weight excluding hydrogens is 284 g/mol. The Kier molecular flexibility index (Phi) is 4.81. The van der Waals surface area contributed by atoms with Crippen molar-refractivity contribution in [1.82, 2.24) is 0 Å². The SMILES string of the molecule is CC(C)Oc1c(NC(C)C2CC2)sc(C(=O)C(C)C)c1N. The lowest BCUT2D eigenvalue weighted by Gasteiger charge is -2.16. The minimum atomic E-state index is -0.0634. The highest BCUT2D eigenvalue weighted by atomic mass is 32.1. The van der Waals surface area contributed by atoms with E-state index in [9.17, 15) is 4.79 Å². The predicted octanol–water partition coefficient (Wildman–Crippen LogP) is 4.17. The van der Waals surface area contributed by atoms with Crippen LogP contribution in [0.15, 0.2) is 0 Å². The van der Waals surface area contributed by atoms with E-state index in [0.717, 1.165) is 10.9 Å². The fourth-order valence-electron chi connectivity index (χ4n) is 2.24. The van der Waals surface area contributed by atoms with Crippen LogP contribution in [0.5, 0.6) is 5.75 Å². The van der Waals surface area contributed by atoms with Gasteiger partial charge in [-0.25, -0.2) is 0 Å². The molecule has 0 spiro atoms. The summed E-state index contributed by atoms with van der Waals surface area (Å²) in [5.41, 5.74) is 6.67. The lowest BCUT2D eigenvalue weighted by molar-refractivity contribution is 0.0944. The predicted molar refractivity (Wildman–Crippen MR) is 89.5 cm³/mol. The van der Waals surface area contributed by atoms with E-state index >= 15 is 0 Å². The molecule has 0 bridgehead atoms. The van der Waals surface area contributed by atoms with E-state index in [2.05, 4.69) is 12.2 Å². The van der Waals surface area contributed by atoms with E-state index in [0.29, 0.717) is 22.4 Å². The van der Waals surface area contributed by atoms with Gasteiger partial charge in [-0.3, -0.25) is 4.79 Å². The van der Waals surface area contributed by atoms with Crippen LogP contribution in [-0.2, 0) is 0 Å². The van der Waals surface area contributed by atoms with Gasteiger partial charge in [0.2, 0.25) is 0 Å². The largest absolute Gasteiger partial charge is 0.486 e. The number of ketones is 1. The topological polar surface area (TPSA) is 64.3 Å². The van der Waals surface area contributed by atoms with Crippen molar-refractivity contribution in [1.29, 1.82) is 0 Å². The molecule has 1 atom stereocenters. The van der Waals surface area contributed by atoms with Crippen molar-refractivity contribution in [3.63, 3.8) is 0 Å². The molecule has 21 heavy (non-hydrogen) atoms. The van der Waals surface area contributed by atoms with Gasteiger partial charge < -0.3 is 15.8 Å². The highest BCUT2D eigenvalue weighted by molar-refractivity contribution is 7.19. The molecule has 118 valence electrons. The van der Waals surface area contributed by atoms with Gasteiger partial charge in [-0.2, -0.15) is 0 Å². The number of carbonyl (C=O) groups is 1. The maximum atomic E-state index is 12.3. The minimum absolute atomic E-state index is 0.0284. The van der Waals surface area contributed by atoms with Gasteiger partial charge in [0, 0.05) is 12.0 Å². The smallest absolute Gasteiger partial charge is 0.177 e. The average Bonchev–Trinajstić information content (AvgIpc) is 3.19. The Morgan fingerprint density at radius 1 is 1.29 bits per heavy atom. The van der Waals surface area contributed by atoms with E-state index in [-0.39, 0.29) is 17.8 Å². The van der Waals surface area contributed by atoms with Crippen molar-refractivity contribution in [2.45, 2.75) is 59.6 Å². The van der Waals surface area contributed by atoms with Crippen LogP contribution in [0.25, 0.3) is 0 Å². The number of ether oxygens (including phenoxy) is 1. The van der Waals surface area contributed by atoms with Gasteiger partial charge in [0.25, 0.3) is 0 Å². The van der Waals surface area contributed by atoms with Gasteiger partial charge in [-0.1, -0.05) is 13.8 Å². The zero-order valence-electron chi connectivity index (χ0n) is 13.5. The first-order chi connectivity index (χ1) is 9.81. The van der Waals surface area contributed by atoms with Crippen LogP contribution in [0.2, 0.25) is 0 Å². The van der Waals surface area contributed by atoms with Crippen molar-refractivity contribution in [3.8, 4) is 5.75 Å². The molecule has 3 N–H and O–H groups in total. The van der Waals surface area contributed by atoms with Crippen LogP contribution in [-0.4, -0.2) is 17.9 Å². The molecule has 0 radical (unpaired) electrons. The summed E-state index contributed by atoms with van der Waals surface area (Å²) in [4.78, 5) is 12.9. The molecule has 2 rings (SSSR count).